The number of carbonyl (C=O) groups is 2. The van der Waals surface area contributed by atoms with Gasteiger partial charge in [0.2, 0.25) is 5.91 Å². The van der Waals surface area contributed by atoms with Crippen molar-refractivity contribution in [2.45, 2.75) is 418 Å². The second kappa shape index (κ2) is 67.1. The largest absolute Gasteiger partial charge is 0.466 e. The fourth-order valence-electron chi connectivity index (χ4n) is 11.4. The Morgan fingerprint density at radius 1 is 0.351 bits per heavy atom. The number of esters is 1. The molecule has 1 amide bonds. The van der Waals surface area contributed by atoms with Crippen molar-refractivity contribution in [3.8, 4) is 0 Å². The predicted octanol–water partition coefficient (Wildman–Crippen LogP) is 22.8. The van der Waals surface area contributed by atoms with Gasteiger partial charge < -0.3 is 20.3 Å². The van der Waals surface area contributed by atoms with Crippen LogP contribution in [0.1, 0.15) is 406 Å². The van der Waals surface area contributed by atoms with Crippen molar-refractivity contribution in [2.75, 3.05) is 13.2 Å². The molecule has 0 radical (unpaired) electrons. The molecule has 2 atom stereocenters. The summed E-state index contributed by atoms with van der Waals surface area (Å²) in [6, 6.07) is -0.543. The quantitative estimate of drug-likeness (QED) is 0.0320. The first kappa shape index (κ1) is 75.6. The average molecular weight is 1090 g/mol. The maximum Gasteiger partial charge on any atom is 0.305 e. The first-order chi connectivity index (χ1) is 38.0. The zero-order valence-corrected chi connectivity index (χ0v) is 52.5. The molecule has 0 saturated heterocycles. The van der Waals surface area contributed by atoms with Gasteiger partial charge in [0.05, 0.1) is 25.4 Å². The Morgan fingerprint density at radius 2 is 0.610 bits per heavy atom. The molecule has 6 nitrogen and oxygen atoms in total. The minimum absolute atomic E-state index is 0.0194. The molecule has 0 spiro atoms. The van der Waals surface area contributed by atoms with Crippen LogP contribution in [0.15, 0.2) is 12.2 Å². The molecule has 0 aliphatic carbocycles. The lowest BCUT2D eigenvalue weighted by Gasteiger charge is -2.22. The van der Waals surface area contributed by atoms with Gasteiger partial charge in [-0.2, -0.15) is 0 Å². The van der Waals surface area contributed by atoms with Gasteiger partial charge in [-0.1, -0.05) is 353 Å². The van der Waals surface area contributed by atoms with Crippen molar-refractivity contribution >= 4 is 11.9 Å². The molecule has 458 valence electrons. The normalized spacial score (nSPS) is 12.5. The van der Waals surface area contributed by atoms with Crippen molar-refractivity contribution in [1.29, 1.82) is 0 Å². The minimum atomic E-state index is -0.666. The lowest BCUT2D eigenvalue weighted by Crippen LogP contribution is -2.45. The first-order valence-corrected chi connectivity index (χ1v) is 35.4. The summed E-state index contributed by atoms with van der Waals surface area (Å²) >= 11 is 0. The fraction of sp³-hybridized carbons (Fsp3) is 0.944. The highest BCUT2D eigenvalue weighted by Crippen LogP contribution is 2.19. The number of aliphatic hydroxyl groups excluding tert-OH is 2. The van der Waals surface area contributed by atoms with Crippen LogP contribution >= 0.6 is 0 Å². The lowest BCUT2D eigenvalue weighted by molar-refractivity contribution is -0.143. The topological polar surface area (TPSA) is 95.9 Å². The second-order valence-electron chi connectivity index (χ2n) is 24.6. The molecule has 0 saturated carbocycles. The number of carbonyl (C=O) groups excluding carboxylic acids is 2. The van der Waals surface area contributed by atoms with Gasteiger partial charge in [0.25, 0.3) is 0 Å². The van der Waals surface area contributed by atoms with Crippen LogP contribution in [-0.2, 0) is 14.3 Å². The summed E-state index contributed by atoms with van der Waals surface area (Å²) < 4.78 is 5.51. The summed E-state index contributed by atoms with van der Waals surface area (Å²) in [6.45, 7) is 5.00. The standard InChI is InChI=1S/C71H139NO5/c1-3-5-7-9-11-13-15-17-19-21-29-33-37-41-45-49-53-57-61-65-71(76)77-66-62-58-54-50-46-42-38-34-31-28-26-24-22-23-25-27-30-32-36-40-44-48-52-56-60-64-70(75)72-68(67-73)69(74)63-59-55-51-47-43-39-35-20-18-16-14-12-10-8-6-4-2/h23,25,68-69,73-74H,3-22,24,26-67H2,1-2H3,(H,72,75)/b25-23-. The summed E-state index contributed by atoms with van der Waals surface area (Å²) in [7, 11) is 0. The molecular formula is C71H139NO5. The van der Waals surface area contributed by atoms with E-state index in [-0.39, 0.29) is 18.5 Å². The van der Waals surface area contributed by atoms with Gasteiger partial charge in [-0.3, -0.25) is 9.59 Å². The van der Waals surface area contributed by atoms with Gasteiger partial charge in [-0.15, -0.1) is 0 Å². The molecule has 0 bridgehead atoms. The van der Waals surface area contributed by atoms with E-state index in [2.05, 4.69) is 31.3 Å². The molecule has 0 aromatic carbocycles. The summed E-state index contributed by atoms with van der Waals surface area (Å²) in [5.41, 5.74) is 0. The van der Waals surface area contributed by atoms with E-state index in [0.717, 1.165) is 38.5 Å². The third kappa shape index (κ3) is 63.6. The number of hydrogen-bond acceptors (Lipinski definition) is 5. The Labute approximate surface area is 482 Å². The molecule has 0 aliphatic rings. The fourth-order valence-corrected chi connectivity index (χ4v) is 11.4. The van der Waals surface area contributed by atoms with Crippen molar-refractivity contribution in [2.24, 2.45) is 0 Å². The molecule has 0 rings (SSSR count). The van der Waals surface area contributed by atoms with Gasteiger partial charge in [0.15, 0.2) is 0 Å². The Hall–Kier alpha value is -1.40. The van der Waals surface area contributed by atoms with E-state index >= 15 is 0 Å². The number of hydrogen-bond donors (Lipinski definition) is 3. The van der Waals surface area contributed by atoms with E-state index in [9.17, 15) is 19.8 Å². The van der Waals surface area contributed by atoms with Crippen LogP contribution in [0.4, 0.5) is 0 Å². The Morgan fingerprint density at radius 3 is 0.922 bits per heavy atom. The average Bonchev–Trinajstić information content (AvgIpc) is 3.43. The van der Waals surface area contributed by atoms with Crippen molar-refractivity contribution in [3.63, 3.8) is 0 Å². The summed E-state index contributed by atoms with van der Waals surface area (Å²) in [6.07, 6.45) is 82.6. The first-order valence-electron chi connectivity index (χ1n) is 35.4. The predicted molar refractivity (Wildman–Crippen MR) is 338 cm³/mol. The van der Waals surface area contributed by atoms with E-state index in [1.54, 1.807) is 0 Å². The van der Waals surface area contributed by atoms with Crippen LogP contribution in [0.5, 0.6) is 0 Å². The monoisotopic (exact) mass is 1090 g/mol. The number of unbranched alkanes of at least 4 members (excludes halogenated alkanes) is 54. The Balaban J connectivity index is 3.36. The zero-order chi connectivity index (χ0) is 55.7. The van der Waals surface area contributed by atoms with Gasteiger partial charge in [0, 0.05) is 12.8 Å². The molecule has 0 aromatic heterocycles. The molecule has 0 fully saturated rings. The number of rotatable bonds is 67. The molecule has 2 unspecified atom stereocenters. The van der Waals surface area contributed by atoms with Crippen LogP contribution in [-0.4, -0.2) is 47.4 Å². The van der Waals surface area contributed by atoms with E-state index in [4.69, 9.17) is 4.74 Å². The van der Waals surface area contributed by atoms with Gasteiger partial charge in [-0.25, -0.2) is 0 Å². The van der Waals surface area contributed by atoms with Gasteiger partial charge >= 0.3 is 5.97 Å². The van der Waals surface area contributed by atoms with Crippen LogP contribution in [0.25, 0.3) is 0 Å². The van der Waals surface area contributed by atoms with Crippen molar-refractivity contribution in [3.05, 3.63) is 12.2 Å². The highest BCUT2D eigenvalue weighted by atomic mass is 16.5. The van der Waals surface area contributed by atoms with Crippen LogP contribution in [0, 0.1) is 0 Å². The SMILES string of the molecule is CCCCCCCCCCCCCCCCCCCCCC(=O)OCCCCCCCCCCCCCC/C=C\CCCCCCCCCCCC(=O)NC(CO)C(O)CCCCCCCCCCCCCCCCCC. The smallest absolute Gasteiger partial charge is 0.305 e. The molecular weight excluding hydrogens is 947 g/mol. The zero-order valence-electron chi connectivity index (χ0n) is 52.5. The molecule has 3 N–H and O–H groups in total. The number of nitrogens with one attached hydrogen (secondary N) is 1. The lowest BCUT2D eigenvalue weighted by atomic mass is 10.0. The number of allylic oxidation sites excluding steroid dienone is 2. The van der Waals surface area contributed by atoms with E-state index in [0.29, 0.717) is 25.9 Å². The van der Waals surface area contributed by atoms with Crippen LogP contribution in [0.2, 0.25) is 0 Å². The van der Waals surface area contributed by atoms with E-state index in [1.165, 1.54) is 334 Å². The van der Waals surface area contributed by atoms with Crippen LogP contribution in [0.3, 0.4) is 0 Å². The maximum atomic E-state index is 12.5. The number of ether oxygens (including phenoxy) is 1. The van der Waals surface area contributed by atoms with Crippen molar-refractivity contribution < 1.29 is 24.5 Å². The summed E-state index contributed by atoms with van der Waals surface area (Å²) in [4.78, 5) is 24.6. The number of aliphatic hydroxyl groups is 2. The number of amides is 1. The molecule has 77 heavy (non-hydrogen) atoms. The minimum Gasteiger partial charge on any atom is -0.466 e. The molecule has 0 aromatic rings. The Bertz CT molecular complexity index is 1160. The van der Waals surface area contributed by atoms with E-state index < -0.39 is 12.1 Å². The van der Waals surface area contributed by atoms with Crippen LogP contribution < -0.4 is 5.32 Å². The summed E-state index contributed by atoms with van der Waals surface area (Å²) in [5.74, 6) is -0.0151. The third-order valence-corrected chi connectivity index (χ3v) is 16.8. The highest BCUT2D eigenvalue weighted by molar-refractivity contribution is 5.76. The Kier molecular flexibility index (Phi) is 65.9. The molecule has 0 aliphatic heterocycles. The van der Waals surface area contributed by atoms with E-state index in [1.807, 2.05) is 0 Å². The highest BCUT2D eigenvalue weighted by Gasteiger charge is 2.20. The second-order valence-corrected chi connectivity index (χ2v) is 24.6. The third-order valence-electron chi connectivity index (χ3n) is 16.8. The van der Waals surface area contributed by atoms with Gasteiger partial charge in [-0.05, 0) is 51.4 Å². The summed E-state index contributed by atoms with van der Waals surface area (Å²) in [5, 5.41) is 23.3. The maximum absolute atomic E-state index is 12.5. The molecule has 6 heteroatoms. The van der Waals surface area contributed by atoms with Gasteiger partial charge in [0.1, 0.15) is 0 Å². The molecule has 0 heterocycles. The van der Waals surface area contributed by atoms with Crippen molar-refractivity contribution in [1.82, 2.24) is 5.32 Å².